The highest BCUT2D eigenvalue weighted by Gasteiger charge is 2.20. The Bertz CT molecular complexity index is 1260. The molecule has 6 heteroatoms. The van der Waals surface area contributed by atoms with E-state index < -0.39 is 12.1 Å². The minimum atomic E-state index is -0.660. The standard InChI is InChI=1S/C80H159NO5/c1-3-5-7-9-11-13-15-17-19-21-41-44-48-52-56-60-64-68-72-78(83)77(76-82)81-79(84)73-69-65-61-57-53-49-45-42-39-37-35-33-31-29-27-25-23-22-24-26-28-30-32-34-36-38-40-43-47-51-55-59-63-67-71-75-86-80(85)74-70-66-62-58-54-50-46-20-18-16-14-12-10-8-6-4-2/h77-78,82-83H,3-76H2,1-2H3,(H,81,84). The van der Waals surface area contributed by atoms with E-state index in [0.29, 0.717) is 25.9 Å². The van der Waals surface area contributed by atoms with E-state index in [-0.39, 0.29) is 18.5 Å². The van der Waals surface area contributed by atoms with Gasteiger partial charge < -0.3 is 20.3 Å². The SMILES string of the molecule is CCCCCCCCCCCCCCCCCCCCC(O)C(CO)NC(=O)CCCCCCCCCCCCCCCCCCCCCCCCCCCCCCCCCCCCCOC(=O)CCCCCCCCCCCCCCCCCC. The van der Waals surface area contributed by atoms with E-state index >= 15 is 0 Å². The lowest BCUT2D eigenvalue weighted by atomic mass is 10.0. The normalized spacial score (nSPS) is 12.4. The van der Waals surface area contributed by atoms with Crippen LogP contribution in [0.2, 0.25) is 0 Å². The molecule has 514 valence electrons. The average Bonchev–Trinajstić information content (AvgIpc) is 3.58. The molecule has 0 bridgehead atoms. The molecule has 0 fully saturated rings. The first-order valence-corrected chi connectivity index (χ1v) is 40.3. The monoisotopic (exact) mass is 1210 g/mol. The summed E-state index contributed by atoms with van der Waals surface area (Å²) >= 11 is 0. The molecule has 0 heterocycles. The summed E-state index contributed by atoms with van der Waals surface area (Å²) in [6.45, 7) is 5.02. The average molecular weight is 1220 g/mol. The number of amides is 1. The summed E-state index contributed by atoms with van der Waals surface area (Å²) in [5.74, 6) is 0.00329. The minimum absolute atomic E-state index is 0.0243. The maximum Gasteiger partial charge on any atom is 0.305 e. The molecule has 86 heavy (non-hydrogen) atoms. The van der Waals surface area contributed by atoms with Crippen molar-refractivity contribution in [2.24, 2.45) is 0 Å². The number of hydrogen-bond acceptors (Lipinski definition) is 5. The minimum Gasteiger partial charge on any atom is -0.466 e. The van der Waals surface area contributed by atoms with E-state index in [0.717, 1.165) is 38.5 Å². The van der Waals surface area contributed by atoms with Gasteiger partial charge in [-0.05, 0) is 25.7 Å². The molecule has 0 spiro atoms. The maximum atomic E-state index is 12.5. The first-order valence-electron chi connectivity index (χ1n) is 40.3. The van der Waals surface area contributed by atoms with E-state index in [1.54, 1.807) is 0 Å². The highest BCUT2D eigenvalue weighted by Crippen LogP contribution is 2.21. The van der Waals surface area contributed by atoms with Crippen LogP contribution in [0, 0.1) is 0 Å². The third-order valence-corrected chi connectivity index (χ3v) is 19.4. The quantitative estimate of drug-likeness (QED) is 0.0417. The van der Waals surface area contributed by atoms with Crippen LogP contribution in [-0.4, -0.2) is 47.4 Å². The van der Waals surface area contributed by atoms with Crippen molar-refractivity contribution in [1.82, 2.24) is 5.32 Å². The smallest absolute Gasteiger partial charge is 0.305 e. The molecule has 2 unspecified atom stereocenters. The summed E-state index contributed by atoms with van der Waals surface area (Å²) in [7, 11) is 0. The van der Waals surface area contributed by atoms with Crippen molar-refractivity contribution in [2.45, 2.75) is 488 Å². The van der Waals surface area contributed by atoms with Gasteiger partial charge in [-0.15, -0.1) is 0 Å². The second-order valence-corrected chi connectivity index (χ2v) is 28.1. The van der Waals surface area contributed by atoms with E-state index in [4.69, 9.17) is 4.74 Å². The highest BCUT2D eigenvalue weighted by molar-refractivity contribution is 5.76. The molecule has 0 aromatic rings. The van der Waals surface area contributed by atoms with Gasteiger partial charge in [0.25, 0.3) is 0 Å². The van der Waals surface area contributed by atoms with Gasteiger partial charge in [0, 0.05) is 12.8 Å². The second kappa shape index (κ2) is 76.3. The molecule has 0 aromatic carbocycles. The molecule has 0 aliphatic carbocycles. The predicted octanol–water partition coefficient (Wildman–Crippen LogP) is 26.5. The molecule has 0 radical (unpaired) electrons. The van der Waals surface area contributed by atoms with Crippen molar-refractivity contribution in [1.29, 1.82) is 0 Å². The number of aliphatic hydroxyl groups is 2. The Kier molecular flexibility index (Phi) is 75.3. The summed E-state index contributed by atoms with van der Waals surface area (Å²) in [5.41, 5.74) is 0. The van der Waals surface area contributed by atoms with Crippen LogP contribution in [0.15, 0.2) is 0 Å². The van der Waals surface area contributed by atoms with Crippen molar-refractivity contribution >= 4 is 11.9 Å². The maximum absolute atomic E-state index is 12.5. The van der Waals surface area contributed by atoms with Crippen LogP contribution < -0.4 is 5.32 Å². The Labute approximate surface area is 540 Å². The second-order valence-electron chi connectivity index (χ2n) is 28.1. The first kappa shape index (κ1) is 84.9. The molecule has 1 amide bonds. The third-order valence-electron chi connectivity index (χ3n) is 19.4. The number of nitrogens with one attached hydrogen (secondary N) is 1. The Hall–Kier alpha value is -1.14. The molecule has 0 saturated heterocycles. The van der Waals surface area contributed by atoms with E-state index in [1.165, 1.54) is 405 Å². The molecule has 3 N–H and O–H groups in total. The van der Waals surface area contributed by atoms with Crippen molar-refractivity contribution in [3.63, 3.8) is 0 Å². The number of carbonyl (C=O) groups is 2. The van der Waals surface area contributed by atoms with Gasteiger partial charge in [0.15, 0.2) is 0 Å². The molecular formula is C80H159NO5. The molecule has 0 rings (SSSR count). The van der Waals surface area contributed by atoms with Crippen molar-refractivity contribution < 1.29 is 24.5 Å². The molecule has 0 aliphatic rings. The number of rotatable bonds is 77. The number of unbranched alkanes of at least 4 members (excludes halogenated alkanes) is 66. The van der Waals surface area contributed by atoms with Crippen LogP contribution in [0.1, 0.15) is 476 Å². The molecular weight excluding hydrogens is 1050 g/mol. The van der Waals surface area contributed by atoms with Crippen LogP contribution >= 0.6 is 0 Å². The van der Waals surface area contributed by atoms with Crippen LogP contribution in [0.3, 0.4) is 0 Å². The number of hydrogen-bond donors (Lipinski definition) is 3. The van der Waals surface area contributed by atoms with Gasteiger partial charge in [-0.2, -0.15) is 0 Å². The lowest BCUT2D eigenvalue weighted by molar-refractivity contribution is -0.143. The van der Waals surface area contributed by atoms with Crippen molar-refractivity contribution in [2.75, 3.05) is 13.2 Å². The highest BCUT2D eigenvalue weighted by atomic mass is 16.5. The zero-order chi connectivity index (χ0) is 62.0. The summed E-state index contributed by atoms with van der Waals surface area (Å²) in [5, 5.41) is 23.4. The van der Waals surface area contributed by atoms with Gasteiger partial charge in [0.05, 0.1) is 25.4 Å². The number of carbonyl (C=O) groups excluding carboxylic acids is 2. The van der Waals surface area contributed by atoms with Gasteiger partial charge >= 0.3 is 5.97 Å². The van der Waals surface area contributed by atoms with Crippen LogP contribution in [0.25, 0.3) is 0 Å². The lowest BCUT2D eigenvalue weighted by Gasteiger charge is -2.22. The Balaban J connectivity index is 3.29. The van der Waals surface area contributed by atoms with E-state index in [2.05, 4.69) is 19.2 Å². The number of ether oxygens (including phenoxy) is 1. The molecule has 2 atom stereocenters. The summed E-state index contributed by atoms with van der Waals surface area (Å²) in [6, 6.07) is -0.537. The fourth-order valence-corrected chi connectivity index (χ4v) is 13.3. The molecule has 0 aliphatic heterocycles. The molecule has 6 nitrogen and oxygen atoms in total. The Morgan fingerprint density at radius 1 is 0.279 bits per heavy atom. The summed E-state index contributed by atoms with van der Waals surface area (Å²) in [6.07, 6.45) is 94.9. The van der Waals surface area contributed by atoms with Crippen molar-refractivity contribution in [3.8, 4) is 0 Å². The zero-order valence-electron chi connectivity index (χ0n) is 59.1. The first-order chi connectivity index (χ1) is 42.5. The van der Waals surface area contributed by atoms with Crippen LogP contribution in [0.4, 0.5) is 0 Å². The topological polar surface area (TPSA) is 95.9 Å². The fourth-order valence-electron chi connectivity index (χ4n) is 13.3. The Morgan fingerprint density at radius 2 is 0.477 bits per heavy atom. The van der Waals surface area contributed by atoms with Gasteiger partial charge in [0.2, 0.25) is 5.91 Å². The van der Waals surface area contributed by atoms with E-state index in [1.807, 2.05) is 0 Å². The van der Waals surface area contributed by atoms with Gasteiger partial charge in [-0.3, -0.25) is 9.59 Å². The van der Waals surface area contributed by atoms with Gasteiger partial charge in [-0.1, -0.05) is 438 Å². The fraction of sp³-hybridized carbons (Fsp3) is 0.975. The van der Waals surface area contributed by atoms with Gasteiger partial charge in [-0.25, -0.2) is 0 Å². The van der Waals surface area contributed by atoms with Crippen LogP contribution in [0.5, 0.6) is 0 Å². The lowest BCUT2D eigenvalue weighted by Crippen LogP contribution is -2.45. The predicted molar refractivity (Wildman–Crippen MR) is 380 cm³/mol. The molecule has 0 saturated carbocycles. The Morgan fingerprint density at radius 3 is 0.709 bits per heavy atom. The zero-order valence-corrected chi connectivity index (χ0v) is 59.1. The number of esters is 1. The van der Waals surface area contributed by atoms with Crippen molar-refractivity contribution in [3.05, 3.63) is 0 Å². The number of aliphatic hydroxyl groups excluding tert-OH is 2. The summed E-state index contributed by atoms with van der Waals surface area (Å²) < 4.78 is 5.51. The third kappa shape index (κ3) is 71.9. The van der Waals surface area contributed by atoms with E-state index in [9.17, 15) is 19.8 Å². The largest absolute Gasteiger partial charge is 0.466 e. The molecule has 0 aromatic heterocycles. The van der Waals surface area contributed by atoms with Crippen LogP contribution in [-0.2, 0) is 14.3 Å². The summed E-state index contributed by atoms with van der Waals surface area (Å²) in [4.78, 5) is 24.7. The van der Waals surface area contributed by atoms with Gasteiger partial charge in [0.1, 0.15) is 0 Å².